The van der Waals surface area contributed by atoms with E-state index in [0.717, 1.165) is 0 Å². The van der Waals surface area contributed by atoms with Gasteiger partial charge in [0.25, 0.3) is 0 Å². The number of carboxylic acid groups (broad SMARTS) is 1. The Morgan fingerprint density at radius 3 is 2.84 bits per heavy atom. The molecule has 1 aromatic heterocycles. The number of rotatable bonds is 4. The number of carbonyl (C=O) groups is 2. The standard InChI is InChI=1S/C12H12N2O4S/c1-3-18-9(15)6-4-5-8-7-13-12(19-2)14-10(8)11(16)17/h7H,3,6H2,1-2H3,(H,16,17). The second-order valence-electron chi connectivity index (χ2n) is 3.21. The molecule has 0 saturated heterocycles. The normalized spacial score (nSPS) is 9.37. The van der Waals surface area contributed by atoms with Crippen molar-refractivity contribution in [3.05, 3.63) is 17.5 Å². The molecule has 6 nitrogen and oxygen atoms in total. The summed E-state index contributed by atoms with van der Waals surface area (Å²) in [5.41, 5.74) is 0.00491. The van der Waals surface area contributed by atoms with Gasteiger partial charge in [0.2, 0.25) is 0 Å². The Kier molecular flexibility index (Phi) is 5.82. The largest absolute Gasteiger partial charge is 0.476 e. The van der Waals surface area contributed by atoms with Crippen molar-refractivity contribution in [2.24, 2.45) is 0 Å². The number of aromatic nitrogens is 2. The molecule has 100 valence electrons. The molecule has 7 heteroatoms. The van der Waals surface area contributed by atoms with Crippen molar-refractivity contribution < 1.29 is 19.4 Å². The van der Waals surface area contributed by atoms with E-state index in [0.29, 0.717) is 5.16 Å². The molecule has 19 heavy (non-hydrogen) atoms. The van der Waals surface area contributed by atoms with Crippen molar-refractivity contribution >= 4 is 23.7 Å². The Morgan fingerprint density at radius 2 is 2.26 bits per heavy atom. The first-order chi connectivity index (χ1) is 9.08. The zero-order chi connectivity index (χ0) is 14.3. The lowest BCUT2D eigenvalue weighted by atomic mass is 10.2. The molecule has 1 N–H and O–H groups in total. The Bertz CT molecular complexity index is 548. The van der Waals surface area contributed by atoms with E-state index >= 15 is 0 Å². The molecule has 1 heterocycles. The second kappa shape index (κ2) is 7.38. The summed E-state index contributed by atoms with van der Waals surface area (Å²) in [6.07, 6.45) is 2.98. The number of ether oxygens (including phenoxy) is 1. The van der Waals surface area contributed by atoms with Gasteiger partial charge in [0.15, 0.2) is 10.9 Å². The smallest absolute Gasteiger partial charge is 0.355 e. The third kappa shape index (κ3) is 4.60. The number of thioether (sulfide) groups is 1. The van der Waals surface area contributed by atoms with Crippen molar-refractivity contribution in [2.75, 3.05) is 12.9 Å². The predicted octanol–water partition coefficient (Wildman–Crippen LogP) is 1.20. The summed E-state index contributed by atoms with van der Waals surface area (Å²) in [5, 5.41) is 9.37. The van der Waals surface area contributed by atoms with Crippen LogP contribution >= 0.6 is 11.8 Å². The van der Waals surface area contributed by atoms with E-state index in [-0.39, 0.29) is 24.3 Å². The van der Waals surface area contributed by atoms with Crippen LogP contribution in [0.25, 0.3) is 0 Å². The van der Waals surface area contributed by atoms with Crippen molar-refractivity contribution in [3.8, 4) is 11.8 Å². The van der Waals surface area contributed by atoms with Crippen LogP contribution in [0.15, 0.2) is 11.4 Å². The van der Waals surface area contributed by atoms with Gasteiger partial charge in [-0.3, -0.25) is 4.79 Å². The number of carbonyl (C=O) groups excluding carboxylic acids is 1. The van der Waals surface area contributed by atoms with Gasteiger partial charge in [0.1, 0.15) is 6.42 Å². The first kappa shape index (κ1) is 15.0. The Balaban J connectivity index is 2.92. The van der Waals surface area contributed by atoms with Gasteiger partial charge < -0.3 is 9.84 Å². The maximum Gasteiger partial charge on any atom is 0.355 e. The van der Waals surface area contributed by atoms with Gasteiger partial charge >= 0.3 is 11.9 Å². The molecular formula is C12H12N2O4S. The van der Waals surface area contributed by atoms with Crippen LogP contribution in [-0.4, -0.2) is 39.9 Å². The lowest BCUT2D eigenvalue weighted by Crippen LogP contribution is -2.06. The average molecular weight is 280 g/mol. The van der Waals surface area contributed by atoms with Gasteiger partial charge in [-0.1, -0.05) is 23.6 Å². The minimum absolute atomic E-state index is 0.100. The SMILES string of the molecule is CCOC(=O)CC#Cc1cnc(SC)nc1C(=O)O. The lowest BCUT2D eigenvalue weighted by molar-refractivity contribution is -0.141. The quantitative estimate of drug-likeness (QED) is 0.383. The molecule has 0 fully saturated rings. The van der Waals surface area contributed by atoms with Crippen LogP contribution in [0.1, 0.15) is 29.4 Å². The molecule has 1 aromatic rings. The third-order valence-electron chi connectivity index (χ3n) is 1.91. The van der Waals surface area contributed by atoms with Crippen LogP contribution < -0.4 is 0 Å². The summed E-state index contributed by atoms with van der Waals surface area (Å²) < 4.78 is 4.70. The van der Waals surface area contributed by atoms with Gasteiger partial charge in [-0.15, -0.1) is 0 Å². The number of hydrogen-bond acceptors (Lipinski definition) is 6. The minimum atomic E-state index is -1.18. The number of carboxylic acids is 1. The van der Waals surface area contributed by atoms with Crippen LogP contribution in [0.2, 0.25) is 0 Å². The van der Waals surface area contributed by atoms with E-state index < -0.39 is 11.9 Å². The summed E-state index contributed by atoms with van der Waals surface area (Å²) in [6, 6.07) is 0. The van der Waals surface area contributed by atoms with E-state index in [1.165, 1.54) is 18.0 Å². The van der Waals surface area contributed by atoms with E-state index in [9.17, 15) is 9.59 Å². The fourth-order valence-corrected chi connectivity index (χ4v) is 1.48. The van der Waals surface area contributed by atoms with Gasteiger partial charge in [0, 0.05) is 6.20 Å². The molecule has 0 aliphatic rings. The lowest BCUT2D eigenvalue weighted by Gasteiger charge is -2.00. The first-order valence-corrected chi connectivity index (χ1v) is 6.59. The zero-order valence-electron chi connectivity index (χ0n) is 10.5. The molecule has 0 saturated carbocycles. The Labute approximate surface area is 114 Å². The van der Waals surface area contributed by atoms with Gasteiger partial charge in [0.05, 0.1) is 12.2 Å². The van der Waals surface area contributed by atoms with E-state index in [4.69, 9.17) is 9.84 Å². The van der Waals surface area contributed by atoms with E-state index in [1.807, 2.05) is 0 Å². The highest BCUT2D eigenvalue weighted by atomic mass is 32.2. The zero-order valence-corrected chi connectivity index (χ0v) is 11.3. The molecular weight excluding hydrogens is 268 g/mol. The molecule has 0 spiro atoms. The van der Waals surface area contributed by atoms with Crippen LogP contribution in [0.4, 0.5) is 0 Å². The van der Waals surface area contributed by atoms with Gasteiger partial charge in [-0.25, -0.2) is 14.8 Å². The molecule has 1 rings (SSSR count). The van der Waals surface area contributed by atoms with Crippen LogP contribution in [-0.2, 0) is 9.53 Å². The summed E-state index contributed by atoms with van der Waals surface area (Å²) in [5.74, 6) is 3.48. The van der Waals surface area contributed by atoms with Crippen LogP contribution in [0, 0.1) is 11.8 Å². The number of esters is 1. The molecule has 0 amide bonds. The Hall–Kier alpha value is -2.07. The molecule has 0 unspecified atom stereocenters. The molecule has 0 aromatic carbocycles. The number of aromatic carboxylic acids is 1. The van der Waals surface area contributed by atoms with Crippen molar-refractivity contribution in [1.82, 2.24) is 9.97 Å². The molecule has 0 atom stereocenters. The number of nitrogens with zero attached hydrogens (tertiary/aromatic N) is 2. The topological polar surface area (TPSA) is 89.4 Å². The molecule has 0 bridgehead atoms. The maximum absolute atomic E-state index is 11.1. The third-order valence-corrected chi connectivity index (χ3v) is 2.47. The summed E-state index contributed by atoms with van der Waals surface area (Å²) in [7, 11) is 0. The monoisotopic (exact) mass is 280 g/mol. The fourth-order valence-electron chi connectivity index (χ4n) is 1.14. The summed E-state index contributed by atoms with van der Waals surface area (Å²) in [4.78, 5) is 29.9. The number of hydrogen-bond donors (Lipinski definition) is 1. The predicted molar refractivity (Wildman–Crippen MR) is 68.9 cm³/mol. The highest BCUT2D eigenvalue weighted by Gasteiger charge is 2.12. The first-order valence-electron chi connectivity index (χ1n) is 5.37. The Morgan fingerprint density at radius 1 is 1.53 bits per heavy atom. The van der Waals surface area contributed by atoms with Crippen molar-refractivity contribution in [1.29, 1.82) is 0 Å². The van der Waals surface area contributed by atoms with E-state index in [1.54, 1.807) is 13.2 Å². The van der Waals surface area contributed by atoms with Crippen molar-refractivity contribution in [2.45, 2.75) is 18.5 Å². The summed E-state index contributed by atoms with van der Waals surface area (Å²) in [6.45, 7) is 1.98. The highest BCUT2D eigenvalue weighted by molar-refractivity contribution is 7.98. The van der Waals surface area contributed by atoms with Crippen LogP contribution in [0.3, 0.4) is 0 Å². The van der Waals surface area contributed by atoms with Crippen LogP contribution in [0.5, 0.6) is 0 Å². The average Bonchev–Trinajstić information content (AvgIpc) is 2.39. The summed E-state index contributed by atoms with van der Waals surface area (Å²) >= 11 is 1.24. The molecule has 0 radical (unpaired) electrons. The highest BCUT2D eigenvalue weighted by Crippen LogP contribution is 2.11. The van der Waals surface area contributed by atoms with Gasteiger partial charge in [-0.05, 0) is 13.2 Å². The molecule has 0 aliphatic heterocycles. The van der Waals surface area contributed by atoms with E-state index in [2.05, 4.69) is 21.8 Å². The maximum atomic E-state index is 11.1. The van der Waals surface area contributed by atoms with Crippen molar-refractivity contribution in [3.63, 3.8) is 0 Å². The molecule has 0 aliphatic carbocycles. The van der Waals surface area contributed by atoms with Gasteiger partial charge in [-0.2, -0.15) is 0 Å². The minimum Gasteiger partial charge on any atom is -0.476 e. The second-order valence-corrected chi connectivity index (χ2v) is 3.98. The fraction of sp³-hybridized carbons (Fsp3) is 0.333.